The van der Waals surface area contributed by atoms with Gasteiger partial charge in [0, 0.05) is 34.6 Å². The Balaban J connectivity index is 0.000000199. The van der Waals surface area contributed by atoms with Crippen molar-refractivity contribution in [1.82, 2.24) is 4.98 Å². The van der Waals surface area contributed by atoms with E-state index in [2.05, 4.69) is 30.1 Å². The van der Waals surface area contributed by atoms with Crippen LogP contribution in [-0.2, 0) is 6.42 Å². The topological polar surface area (TPSA) is 53.4 Å². The summed E-state index contributed by atoms with van der Waals surface area (Å²) in [6, 6.07) is 21.2. The van der Waals surface area contributed by atoms with Gasteiger partial charge >= 0.3 is 0 Å². The number of aryl methyl sites for hydroxylation is 1. The van der Waals surface area contributed by atoms with E-state index in [1.807, 2.05) is 36.4 Å². The molecule has 0 saturated heterocycles. The van der Waals surface area contributed by atoms with Crippen molar-refractivity contribution in [3.8, 4) is 0 Å². The number of pyridine rings is 1. The number of aromatic nitrogens is 1. The summed E-state index contributed by atoms with van der Waals surface area (Å²) in [4.78, 5) is 4.07. The van der Waals surface area contributed by atoms with E-state index in [4.69, 9.17) is 28.3 Å². The molecule has 0 radical (unpaired) electrons. The maximum absolute atomic E-state index is 10.5. The molecule has 3 aromatic carbocycles. The van der Waals surface area contributed by atoms with Crippen LogP contribution in [-0.4, -0.2) is 21.8 Å². The number of nitrogens with zero attached hydrogens (tertiary/aromatic N) is 1. The number of fused-ring (bicyclic) bond motifs is 1. The van der Waals surface area contributed by atoms with Gasteiger partial charge in [-0.3, -0.25) is 4.98 Å². The van der Waals surface area contributed by atoms with Gasteiger partial charge in [0.1, 0.15) is 6.10 Å². The third kappa shape index (κ3) is 5.38. The summed E-state index contributed by atoms with van der Waals surface area (Å²) < 4.78 is 0. The molecule has 0 amide bonds. The van der Waals surface area contributed by atoms with Gasteiger partial charge < -0.3 is 10.2 Å². The van der Waals surface area contributed by atoms with Crippen molar-refractivity contribution in [3.63, 3.8) is 0 Å². The Morgan fingerprint density at radius 1 is 0.933 bits per heavy atom. The molecular weight excluding hydrogens is 417 g/mol. The van der Waals surface area contributed by atoms with E-state index in [-0.39, 0.29) is 6.61 Å². The van der Waals surface area contributed by atoms with Gasteiger partial charge in [-0.2, -0.15) is 0 Å². The number of rotatable bonds is 4. The normalized spacial score (nSPS) is 11.6. The Bertz CT molecular complexity index is 1120. The molecule has 4 aromatic rings. The number of hydrogen-bond acceptors (Lipinski definition) is 3. The van der Waals surface area contributed by atoms with E-state index in [9.17, 15) is 5.11 Å². The fourth-order valence-electron chi connectivity index (χ4n) is 3.27. The molecule has 1 heterocycles. The molecule has 0 aliphatic carbocycles. The quantitative estimate of drug-likeness (QED) is 0.400. The average Bonchev–Trinajstić information content (AvgIpc) is 2.77. The second-order valence-electron chi connectivity index (χ2n) is 6.92. The Morgan fingerprint density at radius 2 is 1.70 bits per heavy atom. The van der Waals surface area contributed by atoms with Crippen LogP contribution in [0.5, 0.6) is 0 Å². The predicted octanol–water partition coefficient (Wildman–Crippen LogP) is 6.15. The van der Waals surface area contributed by atoms with Gasteiger partial charge in [0.05, 0.1) is 0 Å². The van der Waals surface area contributed by atoms with E-state index in [1.54, 1.807) is 24.5 Å². The van der Waals surface area contributed by atoms with Gasteiger partial charge in [0.15, 0.2) is 0 Å². The van der Waals surface area contributed by atoms with Crippen LogP contribution in [0.3, 0.4) is 0 Å². The number of benzene rings is 3. The number of halogens is 2. The highest BCUT2D eigenvalue weighted by molar-refractivity contribution is 6.35. The van der Waals surface area contributed by atoms with E-state index >= 15 is 0 Å². The summed E-state index contributed by atoms with van der Waals surface area (Å²) >= 11 is 11.5. The second kappa shape index (κ2) is 10.6. The highest BCUT2D eigenvalue weighted by Gasteiger charge is 2.14. The molecule has 5 heteroatoms. The minimum Gasteiger partial charge on any atom is -0.396 e. The van der Waals surface area contributed by atoms with Crippen LogP contribution in [0.15, 0.2) is 79.1 Å². The van der Waals surface area contributed by atoms with Gasteiger partial charge in [-0.1, -0.05) is 71.7 Å². The van der Waals surface area contributed by atoms with Crippen molar-refractivity contribution in [1.29, 1.82) is 0 Å². The van der Waals surface area contributed by atoms with Gasteiger partial charge in [0.2, 0.25) is 0 Å². The average molecular weight is 440 g/mol. The third-order valence-corrected chi connectivity index (χ3v) is 5.45. The minimum absolute atomic E-state index is 0.112. The lowest BCUT2D eigenvalue weighted by Crippen LogP contribution is -2.01. The van der Waals surface area contributed by atoms with Crippen LogP contribution >= 0.6 is 23.2 Å². The summed E-state index contributed by atoms with van der Waals surface area (Å²) in [7, 11) is 0. The summed E-state index contributed by atoms with van der Waals surface area (Å²) in [6.45, 7) is 2.20. The molecule has 0 spiro atoms. The van der Waals surface area contributed by atoms with Gasteiger partial charge in [-0.15, -0.1) is 0 Å². The molecule has 1 aromatic heterocycles. The predicted molar refractivity (Wildman–Crippen MR) is 124 cm³/mol. The monoisotopic (exact) mass is 439 g/mol. The molecule has 3 nitrogen and oxygen atoms in total. The SMILES string of the molecule is Cc1ccc(C(O)c2cccnc2)c2ccccc12.OCCc1ccc(Cl)cc1Cl. The highest BCUT2D eigenvalue weighted by atomic mass is 35.5. The Hall–Kier alpha value is -2.43. The van der Waals surface area contributed by atoms with Crippen molar-refractivity contribution in [2.45, 2.75) is 19.4 Å². The molecule has 2 N–H and O–H groups in total. The lowest BCUT2D eigenvalue weighted by Gasteiger charge is -2.15. The minimum atomic E-state index is -0.640. The molecule has 154 valence electrons. The van der Waals surface area contributed by atoms with Gasteiger partial charge in [-0.25, -0.2) is 0 Å². The molecule has 0 fully saturated rings. The summed E-state index contributed by atoms with van der Waals surface area (Å²) in [5.74, 6) is 0. The summed E-state index contributed by atoms with van der Waals surface area (Å²) in [5.41, 5.74) is 3.89. The highest BCUT2D eigenvalue weighted by Crippen LogP contribution is 2.30. The van der Waals surface area contributed by atoms with Crippen LogP contribution in [0.25, 0.3) is 10.8 Å². The zero-order chi connectivity index (χ0) is 21.5. The van der Waals surface area contributed by atoms with Crippen molar-refractivity contribution < 1.29 is 10.2 Å². The van der Waals surface area contributed by atoms with Crippen LogP contribution < -0.4 is 0 Å². The third-order valence-electron chi connectivity index (χ3n) is 4.87. The maximum Gasteiger partial charge on any atom is 0.106 e. The molecule has 0 bridgehead atoms. The van der Waals surface area contributed by atoms with Gasteiger partial charge in [-0.05, 0) is 59.0 Å². The Kier molecular flexibility index (Phi) is 7.83. The van der Waals surface area contributed by atoms with Crippen LogP contribution in [0.4, 0.5) is 0 Å². The molecule has 0 aliphatic heterocycles. The van der Waals surface area contributed by atoms with Crippen LogP contribution in [0, 0.1) is 6.92 Å². The first-order valence-electron chi connectivity index (χ1n) is 9.62. The Labute approximate surface area is 186 Å². The summed E-state index contributed by atoms with van der Waals surface area (Å²) in [5, 5.41) is 22.7. The van der Waals surface area contributed by atoms with E-state index in [1.165, 1.54) is 10.9 Å². The van der Waals surface area contributed by atoms with Crippen molar-refractivity contribution in [2.75, 3.05) is 6.61 Å². The number of hydrogen-bond donors (Lipinski definition) is 2. The number of aliphatic hydroxyl groups excluding tert-OH is 2. The first-order chi connectivity index (χ1) is 14.5. The van der Waals surface area contributed by atoms with E-state index in [0.29, 0.717) is 16.5 Å². The largest absolute Gasteiger partial charge is 0.396 e. The van der Waals surface area contributed by atoms with E-state index in [0.717, 1.165) is 22.1 Å². The lowest BCUT2D eigenvalue weighted by molar-refractivity contribution is 0.221. The summed E-state index contributed by atoms with van der Waals surface area (Å²) in [6.07, 6.45) is 3.36. The first kappa shape index (κ1) is 22.3. The lowest BCUT2D eigenvalue weighted by atomic mass is 9.94. The van der Waals surface area contributed by atoms with Crippen LogP contribution in [0.1, 0.15) is 28.4 Å². The first-order valence-corrected chi connectivity index (χ1v) is 10.4. The zero-order valence-electron chi connectivity index (χ0n) is 16.6. The Morgan fingerprint density at radius 3 is 2.37 bits per heavy atom. The fraction of sp³-hybridized carbons (Fsp3) is 0.160. The van der Waals surface area contributed by atoms with Crippen molar-refractivity contribution in [3.05, 3.63) is 111 Å². The van der Waals surface area contributed by atoms with Crippen molar-refractivity contribution in [2.24, 2.45) is 0 Å². The standard InChI is InChI=1S/C17H15NO.C8H8Cl2O/c1-12-8-9-16(15-7-3-2-6-14(12)15)17(19)13-5-4-10-18-11-13;9-7-2-1-6(3-4-11)8(10)5-7/h2-11,17,19H,1H3;1-2,5,11H,3-4H2. The van der Waals surface area contributed by atoms with Gasteiger partial charge in [0.25, 0.3) is 0 Å². The maximum atomic E-state index is 10.5. The molecule has 1 unspecified atom stereocenters. The molecule has 1 atom stereocenters. The zero-order valence-corrected chi connectivity index (χ0v) is 18.1. The molecular formula is C25H23Cl2NO2. The number of aliphatic hydroxyl groups is 2. The fourth-order valence-corrected chi connectivity index (χ4v) is 3.78. The molecule has 0 aliphatic rings. The second-order valence-corrected chi connectivity index (χ2v) is 7.76. The molecule has 4 rings (SSSR count). The van der Waals surface area contributed by atoms with Crippen LogP contribution in [0.2, 0.25) is 10.0 Å². The van der Waals surface area contributed by atoms with Crippen molar-refractivity contribution >= 4 is 34.0 Å². The molecule has 30 heavy (non-hydrogen) atoms. The van der Waals surface area contributed by atoms with E-state index < -0.39 is 6.10 Å². The smallest absolute Gasteiger partial charge is 0.106 e. The molecule has 0 saturated carbocycles.